The number of benzene rings is 1. The Kier molecular flexibility index (Phi) is 5.77. The quantitative estimate of drug-likeness (QED) is 0.626. The Hall–Kier alpha value is -1.73. The van der Waals surface area contributed by atoms with Gasteiger partial charge in [0.15, 0.2) is 5.82 Å². The number of carbonyl (C=O) groups is 1. The molecule has 6 nitrogen and oxygen atoms in total. The summed E-state index contributed by atoms with van der Waals surface area (Å²) in [6.07, 6.45) is 0. The minimum atomic E-state index is -0.355. The largest absolute Gasteiger partial charge is 0.351 e. The molecule has 8 heteroatoms. The fraction of sp³-hybridized carbons (Fsp3) is 0.438. The van der Waals surface area contributed by atoms with Crippen molar-refractivity contribution in [2.75, 3.05) is 5.84 Å². The van der Waals surface area contributed by atoms with Gasteiger partial charge in [0, 0.05) is 17.0 Å². The second-order valence-electron chi connectivity index (χ2n) is 6.50. The number of nitrogen functional groups attached to an aromatic ring is 1. The first-order valence-corrected chi connectivity index (χ1v) is 8.84. The van der Waals surface area contributed by atoms with E-state index < -0.39 is 0 Å². The van der Waals surface area contributed by atoms with Crippen LogP contribution in [0.1, 0.15) is 39.1 Å². The summed E-state index contributed by atoms with van der Waals surface area (Å²) in [5.74, 6) is 6.61. The SMILES string of the molecule is CC(Sc1nnc(C(C)(C)C)n1N)C(=O)NCc1ccccc1Cl. The van der Waals surface area contributed by atoms with E-state index in [9.17, 15) is 4.79 Å². The van der Waals surface area contributed by atoms with Gasteiger partial charge in [-0.3, -0.25) is 4.79 Å². The molecule has 0 aliphatic rings. The zero-order chi connectivity index (χ0) is 17.9. The molecular formula is C16H22ClN5OS. The Morgan fingerprint density at radius 1 is 1.38 bits per heavy atom. The predicted octanol–water partition coefficient (Wildman–Crippen LogP) is 2.74. The predicted molar refractivity (Wildman–Crippen MR) is 97.5 cm³/mol. The van der Waals surface area contributed by atoms with Crippen molar-refractivity contribution < 1.29 is 4.79 Å². The molecule has 0 bridgehead atoms. The number of aromatic nitrogens is 3. The van der Waals surface area contributed by atoms with E-state index >= 15 is 0 Å². The Bertz CT molecular complexity index is 725. The van der Waals surface area contributed by atoms with Gasteiger partial charge < -0.3 is 11.2 Å². The van der Waals surface area contributed by atoms with Gasteiger partial charge in [-0.2, -0.15) is 0 Å². The van der Waals surface area contributed by atoms with Crippen molar-refractivity contribution in [1.82, 2.24) is 20.2 Å². The van der Waals surface area contributed by atoms with Crippen molar-refractivity contribution in [3.63, 3.8) is 0 Å². The summed E-state index contributed by atoms with van der Waals surface area (Å²) in [6, 6.07) is 7.42. The van der Waals surface area contributed by atoms with Crippen LogP contribution < -0.4 is 11.2 Å². The molecule has 1 aromatic carbocycles. The van der Waals surface area contributed by atoms with Crippen LogP contribution in [0.3, 0.4) is 0 Å². The molecule has 1 aromatic heterocycles. The van der Waals surface area contributed by atoms with Crippen molar-refractivity contribution in [2.45, 2.75) is 50.1 Å². The summed E-state index contributed by atoms with van der Waals surface area (Å²) in [5, 5.41) is 11.9. The third-order valence-corrected chi connectivity index (χ3v) is 4.82. The van der Waals surface area contributed by atoms with Crippen LogP contribution in [0.15, 0.2) is 29.4 Å². The average molecular weight is 368 g/mol. The maximum absolute atomic E-state index is 12.3. The number of hydrogen-bond acceptors (Lipinski definition) is 5. The molecule has 0 spiro atoms. The van der Waals surface area contributed by atoms with Crippen LogP contribution in [0.25, 0.3) is 0 Å². The average Bonchev–Trinajstić information content (AvgIpc) is 2.87. The van der Waals surface area contributed by atoms with E-state index in [-0.39, 0.29) is 16.6 Å². The molecule has 0 aliphatic heterocycles. The highest BCUT2D eigenvalue weighted by Crippen LogP contribution is 2.25. The van der Waals surface area contributed by atoms with Crippen LogP contribution in [0.2, 0.25) is 5.02 Å². The number of halogens is 1. The van der Waals surface area contributed by atoms with Crippen LogP contribution in [-0.4, -0.2) is 26.0 Å². The lowest BCUT2D eigenvalue weighted by molar-refractivity contribution is -0.120. The van der Waals surface area contributed by atoms with Crippen molar-refractivity contribution in [3.8, 4) is 0 Å². The fourth-order valence-electron chi connectivity index (χ4n) is 2.05. The second kappa shape index (κ2) is 7.44. The van der Waals surface area contributed by atoms with Crippen molar-refractivity contribution in [1.29, 1.82) is 0 Å². The zero-order valence-electron chi connectivity index (χ0n) is 14.2. The molecule has 24 heavy (non-hydrogen) atoms. The second-order valence-corrected chi connectivity index (χ2v) is 8.21. The number of hydrogen-bond donors (Lipinski definition) is 2. The first kappa shape index (κ1) is 18.6. The van der Waals surface area contributed by atoms with E-state index in [2.05, 4.69) is 15.5 Å². The topological polar surface area (TPSA) is 85.8 Å². The van der Waals surface area contributed by atoms with E-state index in [1.165, 1.54) is 16.4 Å². The standard InChI is InChI=1S/C16H22ClN5OS/c1-10(13(23)19-9-11-7-5-6-8-12(11)17)24-15-21-20-14(22(15)18)16(2,3)4/h5-8,10H,9,18H2,1-4H3,(H,19,23). The molecule has 1 unspecified atom stereocenters. The minimum Gasteiger partial charge on any atom is -0.351 e. The van der Waals surface area contributed by atoms with Gasteiger partial charge in [0.25, 0.3) is 0 Å². The van der Waals surface area contributed by atoms with Gasteiger partial charge in [-0.05, 0) is 18.6 Å². The molecule has 130 valence electrons. The van der Waals surface area contributed by atoms with Crippen LogP contribution in [0.5, 0.6) is 0 Å². The lowest BCUT2D eigenvalue weighted by atomic mass is 9.96. The number of nitrogens with one attached hydrogen (secondary N) is 1. The van der Waals surface area contributed by atoms with Gasteiger partial charge in [-0.25, -0.2) is 4.68 Å². The Balaban J connectivity index is 1.97. The molecule has 2 rings (SSSR count). The smallest absolute Gasteiger partial charge is 0.233 e. The van der Waals surface area contributed by atoms with E-state index in [0.29, 0.717) is 22.5 Å². The molecule has 0 fully saturated rings. The van der Waals surface area contributed by atoms with E-state index in [0.717, 1.165) is 5.56 Å². The minimum absolute atomic E-state index is 0.111. The van der Waals surface area contributed by atoms with Gasteiger partial charge in [0.05, 0.1) is 5.25 Å². The van der Waals surface area contributed by atoms with E-state index in [4.69, 9.17) is 17.4 Å². The van der Waals surface area contributed by atoms with Crippen LogP contribution in [0, 0.1) is 0 Å². The molecule has 1 heterocycles. The first-order valence-electron chi connectivity index (χ1n) is 7.59. The van der Waals surface area contributed by atoms with Crippen LogP contribution in [-0.2, 0) is 16.8 Å². The maximum atomic E-state index is 12.3. The van der Waals surface area contributed by atoms with Crippen LogP contribution >= 0.6 is 23.4 Å². The highest BCUT2D eigenvalue weighted by molar-refractivity contribution is 8.00. The van der Waals surface area contributed by atoms with Gasteiger partial charge in [0.1, 0.15) is 0 Å². The van der Waals surface area contributed by atoms with Crippen molar-refractivity contribution >= 4 is 29.3 Å². The summed E-state index contributed by atoms with van der Waals surface area (Å²) in [7, 11) is 0. The number of amides is 1. The summed E-state index contributed by atoms with van der Waals surface area (Å²) in [4.78, 5) is 12.3. The maximum Gasteiger partial charge on any atom is 0.233 e. The highest BCUT2D eigenvalue weighted by atomic mass is 35.5. The number of nitrogens with two attached hydrogens (primary N) is 1. The summed E-state index contributed by atoms with van der Waals surface area (Å²) >= 11 is 7.36. The highest BCUT2D eigenvalue weighted by Gasteiger charge is 2.25. The monoisotopic (exact) mass is 367 g/mol. The van der Waals surface area contributed by atoms with Gasteiger partial charge >= 0.3 is 0 Å². The number of carbonyl (C=O) groups excluding carboxylic acids is 1. The lowest BCUT2D eigenvalue weighted by Crippen LogP contribution is -2.31. The normalized spacial score (nSPS) is 12.9. The lowest BCUT2D eigenvalue weighted by Gasteiger charge is -2.17. The Labute approximate surface area is 151 Å². The van der Waals surface area contributed by atoms with Gasteiger partial charge in [-0.1, -0.05) is 62.3 Å². The molecule has 0 saturated carbocycles. The van der Waals surface area contributed by atoms with Crippen molar-refractivity contribution in [2.24, 2.45) is 0 Å². The number of nitrogens with zero attached hydrogens (tertiary/aromatic N) is 3. The van der Waals surface area contributed by atoms with Crippen molar-refractivity contribution in [3.05, 3.63) is 40.7 Å². The van der Waals surface area contributed by atoms with Gasteiger partial charge in [0.2, 0.25) is 11.1 Å². The fourth-order valence-corrected chi connectivity index (χ4v) is 3.05. The third kappa shape index (κ3) is 4.42. The molecule has 0 radical (unpaired) electrons. The molecule has 0 saturated heterocycles. The van der Waals surface area contributed by atoms with E-state index in [1.807, 2.05) is 39.0 Å². The summed E-state index contributed by atoms with van der Waals surface area (Å²) < 4.78 is 1.45. The Morgan fingerprint density at radius 3 is 2.62 bits per heavy atom. The van der Waals surface area contributed by atoms with E-state index in [1.54, 1.807) is 13.0 Å². The number of thioether (sulfide) groups is 1. The molecule has 1 atom stereocenters. The third-order valence-electron chi connectivity index (χ3n) is 3.40. The first-order chi connectivity index (χ1) is 11.2. The number of rotatable bonds is 5. The molecule has 3 N–H and O–H groups in total. The molecule has 1 amide bonds. The molecule has 0 aliphatic carbocycles. The van der Waals surface area contributed by atoms with Crippen LogP contribution in [0.4, 0.5) is 0 Å². The zero-order valence-corrected chi connectivity index (χ0v) is 15.8. The summed E-state index contributed by atoms with van der Waals surface area (Å²) in [5.41, 5.74) is 0.664. The molecular weight excluding hydrogens is 346 g/mol. The summed E-state index contributed by atoms with van der Waals surface area (Å²) in [6.45, 7) is 8.21. The van der Waals surface area contributed by atoms with Gasteiger partial charge in [-0.15, -0.1) is 10.2 Å². The Morgan fingerprint density at radius 2 is 2.04 bits per heavy atom. The molecule has 2 aromatic rings.